The molecule has 0 aliphatic heterocycles. The molecule has 1 aromatic heterocycles. The van der Waals surface area contributed by atoms with Crippen LogP contribution in [0.2, 0.25) is 0 Å². The quantitative estimate of drug-likeness (QED) is 0.870. The second kappa shape index (κ2) is 6.23. The lowest BCUT2D eigenvalue weighted by Gasteiger charge is -2.14. The summed E-state index contributed by atoms with van der Waals surface area (Å²) in [4.78, 5) is 0.214. The van der Waals surface area contributed by atoms with E-state index >= 15 is 0 Å². The molecule has 21 heavy (non-hydrogen) atoms. The molecular weight excluding hydrogens is 292 g/mol. The third kappa shape index (κ3) is 3.22. The van der Waals surface area contributed by atoms with Crippen LogP contribution >= 0.6 is 0 Å². The van der Waals surface area contributed by atoms with Gasteiger partial charge in [0.25, 0.3) is 0 Å². The van der Waals surface area contributed by atoms with Crippen LogP contribution in [-0.4, -0.2) is 30.3 Å². The first-order valence-electron chi connectivity index (χ1n) is 6.54. The monoisotopic (exact) mass is 310 g/mol. The summed E-state index contributed by atoms with van der Waals surface area (Å²) in [7, 11) is -2.10. The van der Waals surface area contributed by atoms with Crippen molar-refractivity contribution in [2.45, 2.75) is 31.3 Å². The standard InChI is InChI=1S/C13H18N4O3S/c1-4-17-12(14-15-13(17)20-3)10(2)16-21(18,19)11-8-6-5-7-9-11/h5-10,16H,4H2,1-3H3/t10-/m1/s1. The minimum atomic E-state index is -3.60. The number of rotatable bonds is 6. The second-order valence-corrected chi connectivity index (χ2v) is 6.16. The summed E-state index contributed by atoms with van der Waals surface area (Å²) < 4.78 is 34.0. The second-order valence-electron chi connectivity index (χ2n) is 4.45. The number of ether oxygens (including phenoxy) is 1. The van der Waals surface area contributed by atoms with Gasteiger partial charge in [0.05, 0.1) is 18.0 Å². The predicted molar refractivity (Wildman–Crippen MR) is 77.4 cm³/mol. The number of sulfonamides is 1. The molecule has 2 aromatic rings. The smallest absolute Gasteiger partial charge is 0.316 e. The van der Waals surface area contributed by atoms with E-state index in [9.17, 15) is 8.42 Å². The molecule has 1 heterocycles. The molecule has 114 valence electrons. The maximum Gasteiger partial charge on any atom is 0.316 e. The lowest BCUT2D eigenvalue weighted by molar-refractivity contribution is 0.354. The molecule has 1 N–H and O–H groups in total. The summed E-state index contributed by atoms with van der Waals surface area (Å²) in [5, 5.41) is 7.88. The maximum absolute atomic E-state index is 12.3. The molecule has 0 unspecified atom stereocenters. The molecule has 0 saturated carbocycles. The van der Waals surface area contributed by atoms with Crippen LogP contribution in [0.25, 0.3) is 0 Å². The molecule has 0 fully saturated rings. The van der Waals surface area contributed by atoms with Crippen LogP contribution in [0.4, 0.5) is 0 Å². The van der Waals surface area contributed by atoms with Crippen molar-refractivity contribution in [3.63, 3.8) is 0 Å². The van der Waals surface area contributed by atoms with Crippen LogP contribution in [0.5, 0.6) is 6.01 Å². The van der Waals surface area contributed by atoms with E-state index in [1.165, 1.54) is 7.11 Å². The Morgan fingerprint density at radius 1 is 1.29 bits per heavy atom. The van der Waals surface area contributed by atoms with Gasteiger partial charge in [-0.2, -0.15) is 0 Å². The Morgan fingerprint density at radius 3 is 2.52 bits per heavy atom. The van der Waals surface area contributed by atoms with E-state index < -0.39 is 16.1 Å². The van der Waals surface area contributed by atoms with Crippen molar-refractivity contribution in [1.29, 1.82) is 0 Å². The fourth-order valence-electron chi connectivity index (χ4n) is 2.02. The minimum absolute atomic E-state index is 0.214. The Hall–Kier alpha value is -1.93. The third-order valence-electron chi connectivity index (χ3n) is 3.02. The van der Waals surface area contributed by atoms with Crippen molar-refractivity contribution >= 4 is 10.0 Å². The Kier molecular flexibility index (Phi) is 4.59. The average molecular weight is 310 g/mol. The van der Waals surface area contributed by atoms with E-state index in [-0.39, 0.29) is 4.90 Å². The number of hydrogen-bond acceptors (Lipinski definition) is 5. The van der Waals surface area contributed by atoms with Gasteiger partial charge in [0.2, 0.25) is 10.0 Å². The maximum atomic E-state index is 12.3. The molecule has 0 saturated heterocycles. The zero-order valence-electron chi connectivity index (χ0n) is 12.1. The van der Waals surface area contributed by atoms with E-state index in [4.69, 9.17) is 4.74 Å². The fraction of sp³-hybridized carbons (Fsp3) is 0.385. The first-order valence-corrected chi connectivity index (χ1v) is 8.02. The Labute approximate surface area is 124 Å². The number of nitrogens with one attached hydrogen (secondary N) is 1. The number of aromatic nitrogens is 3. The number of methoxy groups -OCH3 is 1. The predicted octanol–water partition coefficient (Wildman–Crippen LogP) is 1.35. The van der Waals surface area contributed by atoms with Crippen LogP contribution in [0, 0.1) is 0 Å². The van der Waals surface area contributed by atoms with Gasteiger partial charge in [-0.05, 0) is 26.0 Å². The molecule has 8 heteroatoms. The van der Waals surface area contributed by atoms with Crippen molar-refractivity contribution in [2.75, 3.05) is 7.11 Å². The Morgan fingerprint density at radius 2 is 1.95 bits per heavy atom. The van der Waals surface area contributed by atoms with Crippen molar-refractivity contribution < 1.29 is 13.2 Å². The Balaban J connectivity index is 2.26. The first kappa shape index (κ1) is 15.5. The summed E-state index contributed by atoms with van der Waals surface area (Å²) >= 11 is 0. The average Bonchev–Trinajstić information content (AvgIpc) is 2.90. The zero-order valence-corrected chi connectivity index (χ0v) is 13.0. The molecule has 0 aliphatic carbocycles. The topological polar surface area (TPSA) is 86.1 Å². The van der Waals surface area contributed by atoms with Gasteiger partial charge in [0.15, 0.2) is 5.82 Å². The van der Waals surface area contributed by atoms with Gasteiger partial charge in [-0.15, -0.1) is 5.10 Å². The third-order valence-corrected chi connectivity index (χ3v) is 4.57. The number of hydrogen-bond donors (Lipinski definition) is 1. The SMILES string of the molecule is CCn1c(OC)nnc1[C@@H](C)NS(=O)(=O)c1ccccc1. The molecule has 0 spiro atoms. The van der Waals surface area contributed by atoms with Crippen LogP contribution in [-0.2, 0) is 16.6 Å². The molecule has 1 atom stereocenters. The van der Waals surface area contributed by atoms with E-state index in [0.717, 1.165) is 0 Å². The number of nitrogens with zero attached hydrogens (tertiary/aromatic N) is 3. The molecule has 0 bridgehead atoms. The van der Waals surface area contributed by atoms with Crippen LogP contribution in [0.1, 0.15) is 25.7 Å². The molecule has 2 rings (SSSR count). The molecular formula is C13H18N4O3S. The van der Waals surface area contributed by atoms with Gasteiger partial charge < -0.3 is 4.74 Å². The fourth-order valence-corrected chi connectivity index (χ4v) is 3.24. The first-order chi connectivity index (χ1) is 9.99. The highest BCUT2D eigenvalue weighted by Crippen LogP contribution is 2.19. The van der Waals surface area contributed by atoms with Crippen molar-refractivity contribution in [2.24, 2.45) is 0 Å². The highest BCUT2D eigenvalue weighted by atomic mass is 32.2. The molecule has 0 radical (unpaired) electrons. The van der Waals surface area contributed by atoms with E-state index in [1.54, 1.807) is 41.8 Å². The number of benzene rings is 1. The molecule has 7 nitrogen and oxygen atoms in total. The van der Waals surface area contributed by atoms with Crippen molar-refractivity contribution in [3.8, 4) is 6.01 Å². The summed E-state index contributed by atoms with van der Waals surface area (Å²) in [6.45, 7) is 4.22. The lowest BCUT2D eigenvalue weighted by Crippen LogP contribution is -2.28. The summed E-state index contributed by atoms with van der Waals surface area (Å²) in [6, 6.07) is 8.04. The van der Waals surface area contributed by atoms with Gasteiger partial charge in [-0.1, -0.05) is 23.3 Å². The molecule has 0 aliphatic rings. The largest absolute Gasteiger partial charge is 0.467 e. The van der Waals surface area contributed by atoms with Gasteiger partial charge in [-0.25, -0.2) is 13.1 Å². The van der Waals surface area contributed by atoms with E-state index in [0.29, 0.717) is 18.4 Å². The highest BCUT2D eigenvalue weighted by Gasteiger charge is 2.23. The molecule has 1 aromatic carbocycles. The molecule has 0 amide bonds. The van der Waals surface area contributed by atoms with Gasteiger partial charge in [0.1, 0.15) is 0 Å². The van der Waals surface area contributed by atoms with Crippen LogP contribution in [0.15, 0.2) is 35.2 Å². The van der Waals surface area contributed by atoms with Gasteiger partial charge in [0, 0.05) is 6.54 Å². The lowest BCUT2D eigenvalue weighted by atomic mass is 10.3. The van der Waals surface area contributed by atoms with Crippen molar-refractivity contribution in [3.05, 3.63) is 36.2 Å². The Bertz CT molecular complexity index is 697. The summed E-state index contributed by atoms with van der Waals surface area (Å²) in [5.41, 5.74) is 0. The van der Waals surface area contributed by atoms with Crippen LogP contribution in [0.3, 0.4) is 0 Å². The van der Waals surface area contributed by atoms with Crippen molar-refractivity contribution in [1.82, 2.24) is 19.5 Å². The normalized spacial score (nSPS) is 13.1. The van der Waals surface area contributed by atoms with E-state index in [2.05, 4.69) is 14.9 Å². The zero-order chi connectivity index (χ0) is 15.5. The summed E-state index contributed by atoms with van der Waals surface area (Å²) in [5.74, 6) is 0.508. The van der Waals surface area contributed by atoms with E-state index in [1.807, 2.05) is 6.92 Å². The summed E-state index contributed by atoms with van der Waals surface area (Å²) in [6.07, 6.45) is 0. The minimum Gasteiger partial charge on any atom is -0.467 e. The van der Waals surface area contributed by atoms with Crippen LogP contribution < -0.4 is 9.46 Å². The van der Waals surface area contributed by atoms with Gasteiger partial charge in [-0.3, -0.25) is 4.57 Å². The highest BCUT2D eigenvalue weighted by molar-refractivity contribution is 7.89. The van der Waals surface area contributed by atoms with Gasteiger partial charge >= 0.3 is 6.01 Å².